The molecule has 110 valence electrons. The molecule has 1 aliphatic heterocycles. The first-order valence-corrected chi connectivity index (χ1v) is 7.66. The minimum absolute atomic E-state index is 0.0249. The molecular weight excluding hydrogens is 278 g/mol. The third kappa shape index (κ3) is 3.93. The van der Waals surface area contributed by atoms with Gasteiger partial charge in [-0.05, 0) is 6.92 Å². The Morgan fingerprint density at radius 1 is 1.30 bits per heavy atom. The van der Waals surface area contributed by atoms with Crippen molar-refractivity contribution >= 4 is 28.3 Å². The molecular formula is C13H19N3O3S. The summed E-state index contributed by atoms with van der Waals surface area (Å²) < 4.78 is 4.82. The van der Waals surface area contributed by atoms with Gasteiger partial charge in [-0.25, -0.2) is 4.98 Å². The molecule has 0 aliphatic carbocycles. The number of esters is 1. The van der Waals surface area contributed by atoms with E-state index in [0.29, 0.717) is 19.7 Å². The number of hydrogen-bond donors (Lipinski definition) is 0. The largest absolute Gasteiger partial charge is 0.466 e. The fourth-order valence-electron chi connectivity index (χ4n) is 2.12. The van der Waals surface area contributed by atoms with Crippen LogP contribution in [-0.2, 0) is 14.3 Å². The maximum Gasteiger partial charge on any atom is 0.306 e. The molecule has 0 unspecified atom stereocenters. The Labute approximate surface area is 122 Å². The molecule has 0 bridgehead atoms. The van der Waals surface area contributed by atoms with Gasteiger partial charge >= 0.3 is 5.97 Å². The molecule has 7 heteroatoms. The quantitative estimate of drug-likeness (QED) is 0.763. The lowest BCUT2D eigenvalue weighted by molar-refractivity contribution is -0.145. The van der Waals surface area contributed by atoms with Gasteiger partial charge in [0, 0.05) is 44.2 Å². The topological polar surface area (TPSA) is 62.7 Å². The van der Waals surface area contributed by atoms with Crippen molar-refractivity contribution in [1.29, 1.82) is 0 Å². The van der Waals surface area contributed by atoms with Crippen molar-refractivity contribution in [3.05, 3.63) is 11.6 Å². The molecule has 2 heterocycles. The van der Waals surface area contributed by atoms with Gasteiger partial charge in [-0.1, -0.05) is 0 Å². The van der Waals surface area contributed by atoms with Gasteiger partial charge in [0.1, 0.15) is 0 Å². The summed E-state index contributed by atoms with van der Waals surface area (Å²) in [5, 5.41) is 2.95. The molecule has 6 nitrogen and oxygen atoms in total. The average molecular weight is 297 g/mol. The predicted molar refractivity (Wildman–Crippen MR) is 76.8 cm³/mol. The smallest absolute Gasteiger partial charge is 0.306 e. The molecule has 1 saturated heterocycles. The van der Waals surface area contributed by atoms with Crippen LogP contribution in [0.2, 0.25) is 0 Å². The highest BCUT2D eigenvalue weighted by atomic mass is 32.1. The summed E-state index contributed by atoms with van der Waals surface area (Å²) in [6, 6.07) is 0. The molecule has 1 amide bonds. The molecule has 1 aliphatic rings. The number of rotatable bonds is 5. The van der Waals surface area contributed by atoms with Gasteiger partial charge in [0.25, 0.3) is 0 Å². The SMILES string of the molecule is CCOC(=O)CCC(=O)N1CCN(c2nccs2)CC1. The van der Waals surface area contributed by atoms with E-state index in [-0.39, 0.29) is 24.7 Å². The standard InChI is InChI=1S/C13H19N3O3S/c1-2-19-12(18)4-3-11(17)15-6-8-16(9-7-15)13-14-5-10-20-13/h5,10H,2-4,6-9H2,1H3. The molecule has 2 rings (SSSR count). The molecule has 0 saturated carbocycles. The zero-order chi connectivity index (χ0) is 14.4. The van der Waals surface area contributed by atoms with Gasteiger partial charge in [-0.3, -0.25) is 9.59 Å². The van der Waals surface area contributed by atoms with Crippen molar-refractivity contribution in [2.45, 2.75) is 19.8 Å². The highest BCUT2D eigenvalue weighted by Crippen LogP contribution is 2.19. The number of thiazole rings is 1. The number of carbonyl (C=O) groups is 2. The van der Waals surface area contributed by atoms with Crippen molar-refractivity contribution in [3.8, 4) is 0 Å². The van der Waals surface area contributed by atoms with E-state index in [1.807, 2.05) is 10.3 Å². The first-order chi connectivity index (χ1) is 9.70. The lowest BCUT2D eigenvalue weighted by Crippen LogP contribution is -2.48. The Morgan fingerprint density at radius 2 is 2.05 bits per heavy atom. The fourth-order valence-corrected chi connectivity index (χ4v) is 2.82. The minimum atomic E-state index is -0.303. The zero-order valence-corrected chi connectivity index (χ0v) is 12.4. The Bertz CT molecular complexity index is 442. The second-order valence-corrected chi connectivity index (χ2v) is 5.36. The molecule has 0 N–H and O–H groups in total. The summed E-state index contributed by atoms with van der Waals surface area (Å²) in [4.78, 5) is 31.5. The number of nitrogens with zero attached hydrogens (tertiary/aromatic N) is 3. The summed E-state index contributed by atoms with van der Waals surface area (Å²) in [5.74, 6) is -0.279. The first kappa shape index (κ1) is 14.8. The number of carbonyl (C=O) groups excluding carboxylic acids is 2. The third-order valence-electron chi connectivity index (χ3n) is 3.17. The van der Waals surface area contributed by atoms with E-state index < -0.39 is 0 Å². The Kier molecular flexibility index (Phi) is 5.34. The van der Waals surface area contributed by atoms with Gasteiger partial charge in [0.15, 0.2) is 5.13 Å². The fraction of sp³-hybridized carbons (Fsp3) is 0.615. The van der Waals surface area contributed by atoms with Crippen LogP contribution in [0.3, 0.4) is 0 Å². The van der Waals surface area contributed by atoms with Crippen LogP contribution in [0.15, 0.2) is 11.6 Å². The molecule has 1 aromatic heterocycles. The normalized spacial score (nSPS) is 15.2. The number of ether oxygens (including phenoxy) is 1. The Balaban J connectivity index is 1.73. The van der Waals surface area contributed by atoms with E-state index in [2.05, 4.69) is 9.88 Å². The number of aromatic nitrogens is 1. The van der Waals surface area contributed by atoms with Crippen LogP contribution in [-0.4, -0.2) is 54.5 Å². The molecule has 20 heavy (non-hydrogen) atoms. The molecule has 0 radical (unpaired) electrons. The second-order valence-electron chi connectivity index (χ2n) is 4.49. The van der Waals surface area contributed by atoms with Crippen LogP contribution >= 0.6 is 11.3 Å². The van der Waals surface area contributed by atoms with Gasteiger partial charge in [-0.15, -0.1) is 11.3 Å². The van der Waals surface area contributed by atoms with Crippen LogP contribution in [0.5, 0.6) is 0 Å². The Hall–Kier alpha value is -1.63. The molecule has 0 atom stereocenters. The van der Waals surface area contributed by atoms with E-state index in [0.717, 1.165) is 18.2 Å². The van der Waals surface area contributed by atoms with Crippen LogP contribution < -0.4 is 4.90 Å². The van der Waals surface area contributed by atoms with E-state index in [1.54, 1.807) is 24.5 Å². The number of anilines is 1. The van der Waals surface area contributed by atoms with Crippen molar-refractivity contribution < 1.29 is 14.3 Å². The van der Waals surface area contributed by atoms with Gasteiger partial charge in [0.2, 0.25) is 5.91 Å². The van der Waals surface area contributed by atoms with Crippen LogP contribution in [0, 0.1) is 0 Å². The van der Waals surface area contributed by atoms with Crippen molar-refractivity contribution in [2.24, 2.45) is 0 Å². The third-order valence-corrected chi connectivity index (χ3v) is 4.00. The van der Waals surface area contributed by atoms with Crippen LogP contribution in [0.25, 0.3) is 0 Å². The predicted octanol–water partition coefficient (Wildman–Crippen LogP) is 1.13. The summed E-state index contributed by atoms with van der Waals surface area (Å²) in [6.07, 6.45) is 2.19. The maximum atomic E-state index is 12.0. The lowest BCUT2D eigenvalue weighted by atomic mass is 10.2. The summed E-state index contributed by atoms with van der Waals surface area (Å²) in [7, 11) is 0. The van der Waals surface area contributed by atoms with Gasteiger partial charge in [-0.2, -0.15) is 0 Å². The zero-order valence-electron chi connectivity index (χ0n) is 11.6. The van der Waals surface area contributed by atoms with Crippen molar-refractivity contribution in [2.75, 3.05) is 37.7 Å². The highest BCUT2D eigenvalue weighted by molar-refractivity contribution is 7.13. The van der Waals surface area contributed by atoms with E-state index in [1.165, 1.54) is 0 Å². The summed E-state index contributed by atoms with van der Waals surface area (Å²) >= 11 is 1.61. The summed E-state index contributed by atoms with van der Waals surface area (Å²) in [5.41, 5.74) is 0. The monoisotopic (exact) mass is 297 g/mol. The van der Waals surface area contributed by atoms with Crippen LogP contribution in [0.4, 0.5) is 5.13 Å². The van der Waals surface area contributed by atoms with Gasteiger partial charge in [0.05, 0.1) is 13.0 Å². The number of amides is 1. The van der Waals surface area contributed by atoms with E-state index in [4.69, 9.17) is 4.74 Å². The van der Waals surface area contributed by atoms with Crippen molar-refractivity contribution in [3.63, 3.8) is 0 Å². The summed E-state index contributed by atoms with van der Waals surface area (Å²) in [6.45, 7) is 5.07. The second kappa shape index (κ2) is 7.23. The maximum absolute atomic E-state index is 12.0. The minimum Gasteiger partial charge on any atom is -0.466 e. The Morgan fingerprint density at radius 3 is 2.65 bits per heavy atom. The average Bonchev–Trinajstić information content (AvgIpc) is 2.99. The molecule has 1 aromatic rings. The first-order valence-electron chi connectivity index (χ1n) is 6.78. The van der Waals surface area contributed by atoms with Crippen molar-refractivity contribution in [1.82, 2.24) is 9.88 Å². The lowest BCUT2D eigenvalue weighted by Gasteiger charge is -2.34. The van der Waals surface area contributed by atoms with E-state index in [9.17, 15) is 9.59 Å². The van der Waals surface area contributed by atoms with Gasteiger partial charge < -0.3 is 14.5 Å². The van der Waals surface area contributed by atoms with E-state index >= 15 is 0 Å². The highest BCUT2D eigenvalue weighted by Gasteiger charge is 2.22. The molecule has 0 spiro atoms. The number of hydrogen-bond acceptors (Lipinski definition) is 6. The molecule has 1 fully saturated rings. The number of piperazine rings is 1. The molecule has 0 aromatic carbocycles. The van der Waals surface area contributed by atoms with Crippen LogP contribution in [0.1, 0.15) is 19.8 Å².